The number of hydrogen-bond acceptors (Lipinski definition) is 5. The molecule has 7 heteroatoms. The number of amides is 2. The maximum Gasteiger partial charge on any atom is 0.255 e. The molecule has 0 aliphatic carbocycles. The number of para-hydroxylation sites is 1. The van der Waals surface area contributed by atoms with Gasteiger partial charge in [0.25, 0.3) is 11.8 Å². The zero-order valence-electron chi connectivity index (χ0n) is 14.9. The van der Waals surface area contributed by atoms with Crippen molar-refractivity contribution >= 4 is 17.5 Å². The molecule has 138 valence electrons. The Bertz CT molecular complexity index is 777. The predicted octanol–water partition coefficient (Wildman–Crippen LogP) is 1.92. The van der Waals surface area contributed by atoms with Crippen LogP contribution in [0.1, 0.15) is 22.8 Å². The van der Waals surface area contributed by atoms with Gasteiger partial charge in [-0.25, -0.2) is 0 Å². The van der Waals surface area contributed by atoms with E-state index in [4.69, 9.17) is 15.2 Å². The van der Waals surface area contributed by atoms with Crippen molar-refractivity contribution in [1.82, 2.24) is 5.32 Å². The average Bonchev–Trinajstić information content (AvgIpc) is 2.65. The van der Waals surface area contributed by atoms with E-state index < -0.39 is 5.91 Å². The molecule has 7 nitrogen and oxygen atoms in total. The average molecular weight is 357 g/mol. The lowest BCUT2D eigenvalue weighted by Gasteiger charge is -2.13. The lowest BCUT2D eigenvalue weighted by atomic mass is 10.1. The first-order chi connectivity index (χ1) is 12.5. The number of nitrogens with one attached hydrogen (secondary N) is 2. The molecule has 2 aromatic rings. The summed E-state index contributed by atoms with van der Waals surface area (Å²) < 4.78 is 10.5. The summed E-state index contributed by atoms with van der Waals surface area (Å²) in [5, 5.41) is 6.15. The molecule has 4 N–H and O–H groups in total. The van der Waals surface area contributed by atoms with Crippen molar-refractivity contribution in [1.29, 1.82) is 0 Å². The van der Waals surface area contributed by atoms with Crippen LogP contribution in [0, 0.1) is 0 Å². The van der Waals surface area contributed by atoms with E-state index in [0.717, 1.165) is 17.8 Å². The number of rotatable bonds is 9. The number of primary amides is 1. The van der Waals surface area contributed by atoms with Crippen molar-refractivity contribution in [2.75, 3.05) is 25.6 Å². The normalized spacial score (nSPS) is 10.2. The van der Waals surface area contributed by atoms with Gasteiger partial charge in [-0.1, -0.05) is 25.1 Å². The van der Waals surface area contributed by atoms with Gasteiger partial charge in [0, 0.05) is 17.8 Å². The maximum atomic E-state index is 12.6. The predicted molar refractivity (Wildman–Crippen MR) is 99.5 cm³/mol. The molecule has 0 aliphatic rings. The SMILES string of the molecule is CCNCc1ccccc1NC(=O)c1ccc(OCC(N)=O)c(OC)c1. The highest BCUT2D eigenvalue weighted by atomic mass is 16.5. The van der Waals surface area contributed by atoms with Crippen molar-refractivity contribution < 1.29 is 19.1 Å². The van der Waals surface area contributed by atoms with Crippen LogP contribution in [0.3, 0.4) is 0 Å². The van der Waals surface area contributed by atoms with E-state index in [0.29, 0.717) is 23.6 Å². The largest absolute Gasteiger partial charge is 0.493 e. The van der Waals surface area contributed by atoms with Gasteiger partial charge in [-0.2, -0.15) is 0 Å². The Kier molecular flexibility index (Phi) is 6.99. The van der Waals surface area contributed by atoms with Gasteiger partial charge in [0.1, 0.15) is 0 Å². The Morgan fingerprint density at radius 3 is 2.58 bits per heavy atom. The summed E-state index contributed by atoms with van der Waals surface area (Å²) in [6, 6.07) is 12.3. The maximum absolute atomic E-state index is 12.6. The van der Waals surface area contributed by atoms with Gasteiger partial charge in [-0.3, -0.25) is 9.59 Å². The van der Waals surface area contributed by atoms with Crippen LogP contribution in [0.5, 0.6) is 11.5 Å². The number of hydrogen-bond donors (Lipinski definition) is 3. The second kappa shape index (κ2) is 9.43. The van der Waals surface area contributed by atoms with Gasteiger partial charge in [0.15, 0.2) is 18.1 Å². The summed E-state index contributed by atoms with van der Waals surface area (Å²) in [5.74, 6) is -0.171. The van der Waals surface area contributed by atoms with Crippen molar-refractivity contribution in [3.05, 3.63) is 53.6 Å². The third-order valence-electron chi connectivity index (χ3n) is 3.63. The van der Waals surface area contributed by atoms with Crippen LogP contribution in [0.15, 0.2) is 42.5 Å². The van der Waals surface area contributed by atoms with E-state index in [2.05, 4.69) is 10.6 Å². The minimum Gasteiger partial charge on any atom is -0.493 e. The monoisotopic (exact) mass is 357 g/mol. The van der Waals surface area contributed by atoms with Crippen LogP contribution >= 0.6 is 0 Å². The second-order valence-electron chi connectivity index (χ2n) is 5.51. The van der Waals surface area contributed by atoms with Gasteiger partial charge in [-0.05, 0) is 36.4 Å². The lowest BCUT2D eigenvalue weighted by Crippen LogP contribution is -2.20. The minimum absolute atomic E-state index is 0.264. The molecule has 0 saturated carbocycles. The van der Waals surface area contributed by atoms with Gasteiger partial charge in [-0.15, -0.1) is 0 Å². The lowest BCUT2D eigenvalue weighted by molar-refractivity contribution is -0.119. The Balaban J connectivity index is 2.16. The van der Waals surface area contributed by atoms with Gasteiger partial charge in [0.2, 0.25) is 0 Å². The highest BCUT2D eigenvalue weighted by molar-refractivity contribution is 6.05. The first-order valence-electron chi connectivity index (χ1n) is 8.24. The number of carbonyl (C=O) groups excluding carboxylic acids is 2. The molecule has 0 fully saturated rings. The Hall–Kier alpha value is -3.06. The smallest absolute Gasteiger partial charge is 0.255 e. The summed E-state index contributed by atoms with van der Waals surface area (Å²) in [6.45, 7) is 3.26. The molecule has 2 amide bonds. The van der Waals surface area contributed by atoms with E-state index in [1.165, 1.54) is 7.11 Å². The quantitative estimate of drug-likeness (QED) is 0.636. The molecule has 0 heterocycles. The van der Waals surface area contributed by atoms with Crippen molar-refractivity contribution in [3.8, 4) is 11.5 Å². The molecule has 0 unspecified atom stereocenters. The second-order valence-corrected chi connectivity index (χ2v) is 5.51. The van der Waals surface area contributed by atoms with Crippen LogP contribution in [-0.4, -0.2) is 32.1 Å². The highest BCUT2D eigenvalue weighted by Crippen LogP contribution is 2.28. The fraction of sp³-hybridized carbons (Fsp3) is 0.263. The molecule has 0 bridgehead atoms. The number of ether oxygens (including phenoxy) is 2. The van der Waals surface area contributed by atoms with Crippen LogP contribution in [0.4, 0.5) is 5.69 Å². The molecule has 0 aliphatic heterocycles. The molecule has 0 spiro atoms. The third-order valence-corrected chi connectivity index (χ3v) is 3.63. The molecule has 2 aromatic carbocycles. The summed E-state index contributed by atoms with van der Waals surface area (Å²) in [6.07, 6.45) is 0. The van der Waals surface area contributed by atoms with E-state index >= 15 is 0 Å². The molecule has 0 radical (unpaired) electrons. The van der Waals surface area contributed by atoms with Crippen LogP contribution < -0.4 is 25.8 Å². The zero-order valence-corrected chi connectivity index (χ0v) is 14.9. The molecule has 0 atom stereocenters. The molecule has 0 aromatic heterocycles. The number of nitrogens with two attached hydrogens (primary N) is 1. The van der Waals surface area contributed by atoms with Gasteiger partial charge in [0.05, 0.1) is 7.11 Å². The molecule has 0 saturated heterocycles. The van der Waals surface area contributed by atoms with E-state index in [1.807, 2.05) is 31.2 Å². The highest BCUT2D eigenvalue weighted by Gasteiger charge is 2.13. The summed E-state index contributed by atoms with van der Waals surface area (Å²) in [5.41, 5.74) is 7.22. The Morgan fingerprint density at radius 1 is 1.12 bits per heavy atom. The Morgan fingerprint density at radius 2 is 1.88 bits per heavy atom. The molecule has 26 heavy (non-hydrogen) atoms. The van der Waals surface area contributed by atoms with Crippen LogP contribution in [0.2, 0.25) is 0 Å². The van der Waals surface area contributed by atoms with Crippen LogP contribution in [-0.2, 0) is 11.3 Å². The number of benzene rings is 2. The van der Waals surface area contributed by atoms with Gasteiger partial charge < -0.3 is 25.8 Å². The third kappa shape index (κ3) is 5.22. The van der Waals surface area contributed by atoms with Crippen LogP contribution in [0.25, 0.3) is 0 Å². The summed E-state index contributed by atoms with van der Waals surface area (Å²) >= 11 is 0. The zero-order chi connectivity index (χ0) is 18.9. The fourth-order valence-electron chi connectivity index (χ4n) is 2.33. The molecular formula is C19H23N3O4. The van der Waals surface area contributed by atoms with E-state index in [1.54, 1.807) is 18.2 Å². The minimum atomic E-state index is -0.592. The Labute approximate surface area is 152 Å². The van der Waals surface area contributed by atoms with Crippen molar-refractivity contribution in [2.24, 2.45) is 5.73 Å². The van der Waals surface area contributed by atoms with E-state index in [-0.39, 0.29) is 12.5 Å². The first-order valence-corrected chi connectivity index (χ1v) is 8.24. The van der Waals surface area contributed by atoms with E-state index in [9.17, 15) is 9.59 Å². The number of anilines is 1. The van der Waals surface area contributed by atoms with Crippen molar-refractivity contribution in [2.45, 2.75) is 13.5 Å². The van der Waals surface area contributed by atoms with Gasteiger partial charge >= 0.3 is 0 Å². The number of methoxy groups -OCH3 is 1. The fourth-order valence-corrected chi connectivity index (χ4v) is 2.33. The molecular weight excluding hydrogens is 334 g/mol. The molecule has 2 rings (SSSR count). The van der Waals surface area contributed by atoms with Crippen molar-refractivity contribution in [3.63, 3.8) is 0 Å². The standard InChI is InChI=1S/C19H23N3O4/c1-3-21-11-14-6-4-5-7-15(14)22-19(24)13-8-9-16(17(10-13)25-2)26-12-18(20)23/h4-10,21H,3,11-12H2,1-2H3,(H2,20,23)(H,22,24). The summed E-state index contributed by atoms with van der Waals surface area (Å²) in [7, 11) is 1.46. The topological polar surface area (TPSA) is 103 Å². The summed E-state index contributed by atoms with van der Waals surface area (Å²) in [4.78, 5) is 23.4. The number of carbonyl (C=O) groups is 2. The first kappa shape index (κ1) is 19.3.